The van der Waals surface area contributed by atoms with Gasteiger partial charge in [0.15, 0.2) is 0 Å². The molecule has 1 saturated heterocycles. The Morgan fingerprint density at radius 2 is 1.84 bits per heavy atom. The Kier molecular flexibility index (Phi) is 6.94. The number of nitrogen functional groups attached to an aromatic ring is 1. The first-order chi connectivity index (χ1) is 18.6. The van der Waals surface area contributed by atoms with Crippen molar-refractivity contribution in [1.82, 2.24) is 9.88 Å². The summed E-state index contributed by atoms with van der Waals surface area (Å²) in [6, 6.07) is 24.0. The molecular formula is C33H36FN3O. The third-order valence-corrected chi connectivity index (χ3v) is 7.96. The molecule has 38 heavy (non-hydrogen) atoms. The third-order valence-electron chi connectivity index (χ3n) is 7.96. The first-order valence-corrected chi connectivity index (χ1v) is 13.8. The number of hydrogen-bond donors (Lipinski definition) is 2. The van der Waals surface area contributed by atoms with Gasteiger partial charge in [-0.25, -0.2) is 0 Å². The number of likely N-dealkylation sites (tertiary alicyclic amines) is 1. The van der Waals surface area contributed by atoms with Gasteiger partial charge in [0.25, 0.3) is 0 Å². The van der Waals surface area contributed by atoms with Crippen molar-refractivity contribution in [2.75, 3.05) is 32.0 Å². The Morgan fingerprint density at radius 3 is 2.68 bits per heavy atom. The minimum absolute atomic E-state index is 0.161. The van der Waals surface area contributed by atoms with E-state index in [0.29, 0.717) is 6.42 Å². The van der Waals surface area contributed by atoms with Gasteiger partial charge in [-0.1, -0.05) is 24.3 Å². The molecule has 4 aromatic rings. The zero-order valence-corrected chi connectivity index (χ0v) is 22.1. The van der Waals surface area contributed by atoms with Crippen molar-refractivity contribution in [1.29, 1.82) is 0 Å². The molecule has 3 aromatic carbocycles. The fourth-order valence-electron chi connectivity index (χ4n) is 6.16. The predicted molar refractivity (Wildman–Crippen MR) is 155 cm³/mol. The van der Waals surface area contributed by atoms with Gasteiger partial charge < -0.3 is 15.5 Å². The number of aromatic nitrogens is 1. The Labute approximate surface area is 224 Å². The summed E-state index contributed by atoms with van der Waals surface area (Å²) < 4.78 is 18.9. The summed E-state index contributed by atoms with van der Waals surface area (Å²) in [6.07, 6.45) is 4.85. The molecule has 0 amide bonds. The molecule has 5 heteroatoms. The van der Waals surface area contributed by atoms with Gasteiger partial charge >= 0.3 is 0 Å². The molecule has 1 aliphatic heterocycles. The molecule has 2 aliphatic rings. The number of aryl methyl sites for hydroxylation is 2. The van der Waals surface area contributed by atoms with E-state index in [1.54, 1.807) is 0 Å². The molecule has 1 aliphatic carbocycles. The number of benzene rings is 3. The maximum atomic E-state index is 12.6. The van der Waals surface area contributed by atoms with E-state index in [-0.39, 0.29) is 12.8 Å². The summed E-state index contributed by atoms with van der Waals surface area (Å²) in [5.74, 6) is 0.892. The van der Waals surface area contributed by atoms with Crippen LogP contribution in [0, 0.1) is 6.92 Å². The standard InChI is InChI=1S/C33H36FN3O/c1-22-18-26-19-25(8-13-32(26)36-22)30-5-2-4-24-20-27(35)9-12-31(24)33(30)23-6-10-28(11-7-23)38-29-14-17-37(21-29)16-3-15-34/h6-13,18-20,29,36H,2-5,14-17,21,35H2,1H3. The maximum Gasteiger partial charge on any atom is 0.119 e. The summed E-state index contributed by atoms with van der Waals surface area (Å²) in [5, 5.41) is 1.24. The lowest BCUT2D eigenvalue weighted by molar-refractivity contribution is 0.198. The lowest BCUT2D eigenvalue weighted by Gasteiger charge is -2.19. The number of alkyl halides is 1. The van der Waals surface area contributed by atoms with Crippen LogP contribution in [0.3, 0.4) is 0 Å². The monoisotopic (exact) mass is 509 g/mol. The lowest BCUT2D eigenvalue weighted by atomic mass is 9.87. The van der Waals surface area contributed by atoms with Crippen molar-refractivity contribution in [3.05, 3.63) is 94.7 Å². The summed E-state index contributed by atoms with van der Waals surface area (Å²) in [4.78, 5) is 5.75. The Bertz CT molecular complexity index is 1470. The summed E-state index contributed by atoms with van der Waals surface area (Å²) in [5.41, 5.74) is 17.1. The third kappa shape index (κ3) is 5.08. The van der Waals surface area contributed by atoms with Gasteiger partial charge in [-0.3, -0.25) is 9.29 Å². The number of rotatable bonds is 7. The number of ether oxygens (including phenoxy) is 1. The zero-order valence-electron chi connectivity index (χ0n) is 22.1. The van der Waals surface area contributed by atoms with Crippen LogP contribution in [0.1, 0.15) is 53.6 Å². The van der Waals surface area contributed by atoms with Gasteiger partial charge in [-0.2, -0.15) is 0 Å². The second-order valence-corrected chi connectivity index (χ2v) is 10.8. The highest BCUT2D eigenvalue weighted by Gasteiger charge is 2.24. The minimum Gasteiger partial charge on any atom is -0.489 e. The van der Waals surface area contributed by atoms with Crippen molar-refractivity contribution in [3.63, 3.8) is 0 Å². The van der Waals surface area contributed by atoms with Crippen LogP contribution in [-0.4, -0.2) is 42.3 Å². The first-order valence-electron chi connectivity index (χ1n) is 13.8. The van der Waals surface area contributed by atoms with Gasteiger partial charge in [-0.15, -0.1) is 0 Å². The fourth-order valence-corrected chi connectivity index (χ4v) is 6.16. The quantitative estimate of drug-likeness (QED) is 0.260. The van der Waals surface area contributed by atoms with Gasteiger partial charge in [-0.05, 0) is 115 Å². The lowest BCUT2D eigenvalue weighted by Crippen LogP contribution is -2.26. The Hall–Kier alpha value is -3.57. The largest absolute Gasteiger partial charge is 0.489 e. The second-order valence-electron chi connectivity index (χ2n) is 10.8. The highest BCUT2D eigenvalue weighted by molar-refractivity contribution is 6.01. The van der Waals surface area contributed by atoms with E-state index < -0.39 is 0 Å². The van der Waals surface area contributed by atoms with E-state index in [0.717, 1.165) is 56.8 Å². The van der Waals surface area contributed by atoms with Crippen LogP contribution in [0.25, 0.3) is 22.0 Å². The summed E-state index contributed by atoms with van der Waals surface area (Å²) >= 11 is 0. The van der Waals surface area contributed by atoms with E-state index in [1.165, 1.54) is 50.0 Å². The van der Waals surface area contributed by atoms with Crippen LogP contribution >= 0.6 is 0 Å². The number of anilines is 1. The number of nitrogens with zero attached hydrogens (tertiary/aromatic N) is 1. The highest BCUT2D eigenvalue weighted by atomic mass is 19.1. The number of nitrogens with two attached hydrogens (primary N) is 1. The molecule has 1 aromatic heterocycles. The normalized spacial score (nSPS) is 18.1. The van der Waals surface area contributed by atoms with E-state index in [4.69, 9.17) is 10.5 Å². The van der Waals surface area contributed by atoms with Crippen LogP contribution in [-0.2, 0) is 6.42 Å². The molecule has 3 N–H and O–H groups in total. The van der Waals surface area contributed by atoms with Gasteiger partial charge in [0.2, 0.25) is 0 Å². The average molecular weight is 510 g/mol. The van der Waals surface area contributed by atoms with Crippen molar-refractivity contribution in [3.8, 4) is 5.75 Å². The number of halogens is 1. The van der Waals surface area contributed by atoms with Crippen LogP contribution in [0.5, 0.6) is 5.75 Å². The fraction of sp³-hybridized carbons (Fsp3) is 0.333. The Morgan fingerprint density at radius 1 is 1.00 bits per heavy atom. The molecule has 0 bridgehead atoms. The summed E-state index contributed by atoms with van der Waals surface area (Å²) in [6.45, 7) is 4.50. The van der Waals surface area contributed by atoms with Crippen molar-refractivity contribution in [2.45, 2.75) is 45.1 Å². The molecule has 1 unspecified atom stereocenters. The molecule has 1 atom stereocenters. The molecule has 4 nitrogen and oxygen atoms in total. The molecule has 0 spiro atoms. The molecule has 6 rings (SSSR count). The van der Waals surface area contributed by atoms with Gasteiger partial charge in [0, 0.05) is 41.9 Å². The smallest absolute Gasteiger partial charge is 0.119 e. The SMILES string of the molecule is Cc1cc2cc(C3=C(c4ccc(OC5CCN(CCCF)C5)cc4)c4ccc(N)cc4CCC3)ccc2[nH]1. The topological polar surface area (TPSA) is 54.3 Å². The molecule has 0 radical (unpaired) electrons. The minimum atomic E-state index is -0.254. The molecule has 0 saturated carbocycles. The van der Waals surface area contributed by atoms with E-state index in [2.05, 4.69) is 77.5 Å². The Balaban J connectivity index is 1.36. The van der Waals surface area contributed by atoms with Gasteiger partial charge in [0.1, 0.15) is 11.9 Å². The van der Waals surface area contributed by atoms with E-state index in [1.807, 2.05) is 6.07 Å². The van der Waals surface area contributed by atoms with Crippen LogP contribution in [0.15, 0.2) is 66.7 Å². The maximum absolute atomic E-state index is 12.6. The first kappa shape index (κ1) is 24.7. The van der Waals surface area contributed by atoms with Crippen molar-refractivity contribution < 1.29 is 9.13 Å². The van der Waals surface area contributed by atoms with Crippen LogP contribution in [0.4, 0.5) is 10.1 Å². The number of fused-ring (bicyclic) bond motifs is 2. The highest BCUT2D eigenvalue weighted by Crippen LogP contribution is 2.41. The molecular weight excluding hydrogens is 473 g/mol. The molecule has 2 heterocycles. The van der Waals surface area contributed by atoms with Gasteiger partial charge in [0.05, 0.1) is 6.67 Å². The number of H-pyrrole nitrogens is 1. The number of allylic oxidation sites excluding steroid dienone is 1. The van der Waals surface area contributed by atoms with Crippen molar-refractivity contribution in [2.24, 2.45) is 0 Å². The average Bonchev–Trinajstić information content (AvgIpc) is 3.47. The number of hydrogen-bond acceptors (Lipinski definition) is 3. The molecule has 196 valence electrons. The number of aromatic amines is 1. The van der Waals surface area contributed by atoms with E-state index in [9.17, 15) is 4.39 Å². The molecule has 1 fully saturated rings. The van der Waals surface area contributed by atoms with Crippen LogP contribution in [0.2, 0.25) is 0 Å². The van der Waals surface area contributed by atoms with Crippen molar-refractivity contribution >= 4 is 27.7 Å². The predicted octanol–water partition coefficient (Wildman–Crippen LogP) is 7.17. The zero-order chi connectivity index (χ0) is 26.1. The van der Waals surface area contributed by atoms with Crippen LogP contribution < -0.4 is 10.5 Å². The van der Waals surface area contributed by atoms with E-state index >= 15 is 0 Å². The second kappa shape index (κ2) is 10.7. The number of nitrogens with one attached hydrogen (secondary N) is 1. The summed E-state index contributed by atoms with van der Waals surface area (Å²) in [7, 11) is 0.